The SMILES string of the molecule is Cc1cccc(C(=O)SS)c1. The second kappa shape index (κ2) is 3.83. The zero-order chi connectivity index (χ0) is 8.27. The number of carbonyl (C=O) groups is 1. The molecule has 0 heterocycles. The fourth-order valence-electron chi connectivity index (χ4n) is 0.825. The summed E-state index contributed by atoms with van der Waals surface area (Å²) in [6, 6.07) is 7.47. The summed E-state index contributed by atoms with van der Waals surface area (Å²) >= 11 is 3.83. The summed E-state index contributed by atoms with van der Waals surface area (Å²) in [4.78, 5) is 11.1. The molecule has 0 aromatic heterocycles. The fraction of sp³-hybridized carbons (Fsp3) is 0.125. The molecular formula is C8H8OS2. The number of aryl methyl sites for hydroxylation is 1. The van der Waals surface area contributed by atoms with E-state index < -0.39 is 0 Å². The van der Waals surface area contributed by atoms with Crippen LogP contribution in [0.1, 0.15) is 15.9 Å². The van der Waals surface area contributed by atoms with Crippen LogP contribution in [0, 0.1) is 6.92 Å². The Morgan fingerprint density at radius 3 is 2.82 bits per heavy atom. The van der Waals surface area contributed by atoms with Crippen molar-refractivity contribution < 1.29 is 4.79 Å². The Kier molecular flexibility index (Phi) is 3.02. The molecule has 0 aliphatic rings. The third kappa shape index (κ3) is 2.27. The first-order valence-corrected chi connectivity index (χ1v) is 5.03. The smallest absolute Gasteiger partial charge is 0.229 e. The molecule has 0 atom stereocenters. The van der Waals surface area contributed by atoms with Crippen LogP contribution in [0.3, 0.4) is 0 Å². The zero-order valence-electron chi connectivity index (χ0n) is 6.07. The molecular weight excluding hydrogens is 176 g/mol. The maximum absolute atomic E-state index is 11.1. The summed E-state index contributed by atoms with van der Waals surface area (Å²) in [5.41, 5.74) is 1.81. The van der Waals surface area contributed by atoms with Crippen molar-refractivity contribution in [2.45, 2.75) is 6.92 Å². The molecule has 0 saturated heterocycles. The average Bonchev–Trinajstić information content (AvgIpc) is 2.03. The highest BCUT2D eigenvalue weighted by Gasteiger charge is 2.02. The second-order valence-corrected chi connectivity index (χ2v) is 3.35. The van der Waals surface area contributed by atoms with Crippen LogP contribution in [0.15, 0.2) is 24.3 Å². The van der Waals surface area contributed by atoms with Crippen molar-refractivity contribution in [3.8, 4) is 0 Å². The number of hydrogen-bond donors (Lipinski definition) is 1. The van der Waals surface area contributed by atoms with Crippen molar-refractivity contribution in [3.63, 3.8) is 0 Å². The van der Waals surface area contributed by atoms with Crippen LogP contribution < -0.4 is 0 Å². The topological polar surface area (TPSA) is 17.1 Å². The van der Waals surface area contributed by atoms with Crippen molar-refractivity contribution >= 4 is 27.6 Å². The molecule has 3 heteroatoms. The van der Waals surface area contributed by atoms with Gasteiger partial charge in [-0.3, -0.25) is 4.79 Å². The van der Waals surface area contributed by atoms with Gasteiger partial charge in [0.2, 0.25) is 5.12 Å². The molecule has 1 nitrogen and oxygen atoms in total. The number of thiol groups is 1. The van der Waals surface area contributed by atoms with Gasteiger partial charge in [0.05, 0.1) is 0 Å². The van der Waals surface area contributed by atoms with Crippen LogP contribution in [0.25, 0.3) is 0 Å². The molecule has 0 bridgehead atoms. The molecule has 0 amide bonds. The van der Waals surface area contributed by atoms with E-state index in [0.717, 1.165) is 16.4 Å². The van der Waals surface area contributed by atoms with Crippen molar-refractivity contribution in [1.29, 1.82) is 0 Å². The van der Waals surface area contributed by atoms with Gasteiger partial charge in [-0.2, -0.15) is 0 Å². The van der Waals surface area contributed by atoms with E-state index >= 15 is 0 Å². The van der Waals surface area contributed by atoms with E-state index in [1.165, 1.54) is 0 Å². The van der Waals surface area contributed by atoms with Crippen molar-refractivity contribution in [1.82, 2.24) is 0 Å². The summed E-state index contributed by atoms with van der Waals surface area (Å²) in [6.07, 6.45) is 0. The predicted octanol–water partition coefficient (Wildman–Crippen LogP) is 2.71. The highest BCUT2D eigenvalue weighted by atomic mass is 33.1. The van der Waals surface area contributed by atoms with E-state index in [2.05, 4.69) is 11.7 Å². The highest BCUT2D eigenvalue weighted by molar-refractivity contribution is 8.75. The Morgan fingerprint density at radius 2 is 2.27 bits per heavy atom. The minimum atomic E-state index is -0.00275. The minimum Gasteiger partial charge on any atom is -0.281 e. The van der Waals surface area contributed by atoms with E-state index in [9.17, 15) is 4.79 Å². The molecule has 0 fully saturated rings. The summed E-state index contributed by atoms with van der Waals surface area (Å²) in [6.45, 7) is 1.96. The molecule has 0 aliphatic carbocycles. The van der Waals surface area contributed by atoms with Gasteiger partial charge in [0.15, 0.2) is 0 Å². The molecule has 1 rings (SSSR count). The quantitative estimate of drug-likeness (QED) is 0.534. The van der Waals surface area contributed by atoms with Crippen molar-refractivity contribution in [2.24, 2.45) is 0 Å². The van der Waals surface area contributed by atoms with Crippen LogP contribution in [-0.2, 0) is 0 Å². The Hall–Kier alpha value is -0.410. The van der Waals surface area contributed by atoms with Crippen LogP contribution in [-0.4, -0.2) is 5.12 Å². The van der Waals surface area contributed by atoms with Gasteiger partial charge in [-0.05, 0) is 23.8 Å². The largest absolute Gasteiger partial charge is 0.281 e. The first-order chi connectivity index (χ1) is 5.24. The van der Waals surface area contributed by atoms with Gasteiger partial charge in [-0.25, -0.2) is 0 Å². The molecule has 0 spiro atoms. The van der Waals surface area contributed by atoms with Gasteiger partial charge < -0.3 is 0 Å². The standard InChI is InChI=1S/C8H8OS2/c1-6-3-2-4-7(5-6)8(9)11-10/h2-5,10H,1H3. The molecule has 0 N–H and O–H groups in total. The summed E-state index contributed by atoms with van der Waals surface area (Å²) in [7, 11) is 0.942. The average molecular weight is 184 g/mol. The van der Waals surface area contributed by atoms with Crippen LogP contribution in [0.5, 0.6) is 0 Å². The van der Waals surface area contributed by atoms with Crippen LogP contribution in [0.4, 0.5) is 0 Å². The Bertz CT molecular complexity index is 271. The maximum atomic E-state index is 11.1. The Morgan fingerprint density at radius 1 is 1.55 bits per heavy atom. The van der Waals surface area contributed by atoms with Crippen molar-refractivity contribution in [2.75, 3.05) is 0 Å². The van der Waals surface area contributed by atoms with Gasteiger partial charge in [-0.1, -0.05) is 23.8 Å². The summed E-state index contributed by atoms with van der Waals surface area (Å²) < 4.78 is 0. The van der Waals surface area contributed by atoms with Crippen LogP contribution in [0.2, 0.25) is 0 Å². The Labute approximate surface area is 75.0 Å². The van der Waals surface area contributed by atoms with E-state index in [-0.39, 0.29) is 5.12 Å². The van der Waals surface area contributed by atoms with Gasteiger partial charge in [-0.15, -0.1) is 11.7 Å². The van der Waals surface area contributed by atoms with Gasteiger partial charge in [0.25, 0.3) is 0 Å². The lowest BCUT2D eigenvalue weighted by Crippen LogP contribution is -1.89. The molecule has 58 valence electrons. The summed E-state index contributed by atoms with van der Waals surface area (Å²) in [5.74, 6) is 0. The molecule has 11 heavy (non-hydrogen) atoms. The lowest BCUT2D eigenvalue weighted by molar-refractivity contribution is 0.109. The molecule has 1 aromatic carbocycles. The molecule has 0 saturated carbocycles. The number of carbonyl (C=O) groups excluding carboxylic acids is 1. The second-order valence-electron chi connectivity index (χ2n) is 2.25. The lowest BCUT2D eigenvalue weighted by Gasteiger charge is -1.96. The maximum Gasteiger partial charge on any atom is 0.229 e. The van der Waals surface area contributed by atoms with Gasteiger partial charge in [0, 0.05) is 5.56 Å². The fourth-order valence-corrected chi connectivity index (χ4v) is 1.37. The first-order valence-electron chi connectivity index (χ1n) is 3.16. The third-order valence-corrected chi connectivity index (χ3v) is 2.24. The predicted molar refractivity (Wildman–Crippen MR) is 52.1 cm³/mol. The summed E-state index contributed by atoms with van der Waals surface area (Å²) in [5, 5.41) is -0.00275. The number of benzene rings is 1. The van der Waals surface area contributed by atoms with Crippen LogP contribution >= 0.6 is 22.5 Å². The number of hydrogen-bond acceptors (Lipinski definition) is 3. The number of rotatable bonds is 1. The van der Waals surface area contributed by atoms with E-state index in [0.29, 0.717) is 5.56 Å². The third-order valence-electron chi connectivity index (χ3n) is 1.34. The highest BCUT2D eigenvalue weighted by Crippen LogP contribution is 2.15. The normalized spacial score (nSPS) is 9.64. The first kappa shape index (κ1) is 8.68. The van der Waals surface area contributed by atoms with Gasteiger partial charge in [0.1, 0.15) is 0 Å². The monoisotopic (exact) mass is 184 g/mol. The van der Waals surface area contributed by atoms with E-state index in [1.54, 1.807) is 6.07 Å². The molecule has 0 aliphatic heterocycles. The molecule has 1 aromatic rings. The Balaban J connectivity index is 2.96. The molecule has 0 radical (unpaired) electrons. The van der Waals surface area contributed by atoms with Gasteiger partial charge >= 0.3 is 0 Å². The minimum absolute atomic E-state index is 0.00275. The molecule has 0 unspecified atom stereocenters. The van der Waals surface area contributed by atoms with Crippen molar-refractivity contribution in [3.05, 3.63) is 35.4 Å². The zero-order valence-corrected chi connectivity index (χ0v) is 7.78. The van der Waals surface area contributed by atoms with E-state index in [4.69, 9.17) is 0 Å². The lowest BCUT2D eigenvalue weighted by atomic mass is 10.2. The van der Waals surface area contributed by atoms with E-state index in [1.807, 2.05) is 25.1 Å².